The molecule has 1 aliphatic heterocycles. The van der Waals surface area contributed by atoms with Crippen molar-refractivity contribution in [2.75, 3.05) is 36.0 Å². The first-order chi connectivity index (χ1) is 9.19. The number of nitrogens with zero attached hydrogens (tertiary/aromatic N) is 3. The standard InChI is InChI=1S/C12H19N5OS/c1-2-3-6-19-12-15-9(13)7-10(16-12)17-5-4-14-11(18)8-17/h7H,2-6,8H2,1H3,(H,14,18)(H2,13,15,16). The van der Waals surface area contributed by atoms with Gasteiger partial charge in [0.05, 0.1) is 6.54 Å². The fourth-order valence-electron chi connectivity index (χ4n) is 1.80. The number of hydrogen-bond acceptors (Lipinski definition) is 6. The summed E-state index contributed by atoms with van der Waals surface area (Å²) in [5.74, 6) is 2.19. The Labute approximate surface area is 117 Å². The maximum absolute atomic E-state index is 11.4. The summed E-state index contributed by atoms with van der Waals surface area (Å²) in [6.45, 7) is 3.87. The van der Waals surface area contributed by atoms with E-state index in [1.54, 1.807) is 17.8 Å². The number of hydrogen-bond donors (Lipinski definition) is 2. The molecule has 1 aromatic heterocycles. The Hall–Kier alpha value is -1.50. The van der Waals surface area contributed by atoms with Crippen LogP contribution in [-0.4, -0.2) is 41.3 Å². The highest BCUT2D eigenvalue weighted by Gasteiger charge is 2.18. The molecule has 3 N–H and O–H groups in total. The number of nitrogen functional groups attached to an aromatic ring is 1. The Balaban J connectivity index is 2.09. The maximum Gasteiger partial charge on any atom is 0.239 e. The van der Waals surface area contributed by atoms with Gasteiger partial charge in [-0.15, -0.1) is 0 Å². The minimum absolute atomic E-state index is 0.0172. The van der Waals surface area contributed by atoms with E-state index in [0.717, 1.165) is 31.0 Å². The molecule has 0 aromatic carbocycles. The monoisotopic (exact) mass is 281 g/mol. The van der Waals surface area contributed by atoms with Crippen LogP contribution in [0.4, 0.5) is 11.6 Å². The second-order valence-corrected chi connectivity index (χ2v) is 5.47. The van der Waals surface area contributed by atoms with Crippen LogP contribution in [0.2, 0.25) is 0 Å². The molecule has 0 unspecified atom stereocenters. The van der Waals surface area contributed by atoms with E-state index in [-0.39, 0.29) is 5.91 Å². The number of unbranched alkanes of at least 4 members (excludes halogenated alkanes) is 1. The van der Waals surface area contributed by atoms with E-state index >= 15 is 0 Å². The van der Waals surface area contributed by atoms with Crippen molar-refractivity contribution in [1.82, 2.24) is 15.3 Å². The highest BCUT2D eigenvalue weighted by Crippen LogP contribution is 2.21. The Morgan fingerprint density at radius 2 is 2.37 bits per heavy atom. The highest BCUT2D eigenvalue weighted by atomic mass is 32.2. The molecule has 2 rings (SSSR count). The number of piperazine rings is 1. The molecule has 19 heavy (non-hydrogen) atoms. The van der Waals surface area contributed by atoms with Gasteiger partial charge in [0, 0.05) is 24.9 Å². The van der Waals surface area contributed by atoms with Crippen LogP contribution in [0, 0.1) is 0 Å². The lowest BCUT2D eigenvalue weighted by atomic mass is 10.3. The predicted molar refractivity (Wildman–Crippen MR) is 77.3 cm³/mol. The third-order valence-electron chi connectivity index (χ3n) is 2.80. The molecule has 0 aliphatic carbocycles. The van der Waals surface area contributed by atoms with Crippen LogP contribution in [0.3, 0.4) is 0 Å². The van der Waals surface area contributed by atoms with Gasteiger partial charge in [-0.3, -0.25) is 4.79 Å². The number of rotatable bonds is 5. The number of carbonyl (C=O) groups is 1. The molecule has 1 fully saturated rings. The van der Waals surface area contributed by atoms with Crippen LogP contribution in [0.1, 0.15) is 19.8 Å². The first-order valence-electron chi connectivity index (χ1n) is 6.48. The lowest BCUT2D eigenvalue weighted by molar-refractivity contribution is -0.120. The van der Waals surface area contributed by atoms with Gasteiger partial charge in [0.25, 0.3) is 0 Å². The number of anilines is 2. The molecule has 0 atom stereocenters. The van der Waals surface area contributed by atoms with Crippen molar-refractivity contribution in [2.45, 2.75) is 24.9 Å². The van der Waals surface area contributed by atoms with Gasteiger partial charge in [0.15, 0.2) is 5.16 Å². The molecule has 0 radical (unpaired) electrons. The normalized spacial score (nSPS) is 15.4. The highest BCUT2D eigenvalue weighted by molar-refractivity contribution is 7.99. The summed E-state index contributed by atoms with van der Waals surface area (Å²) in [4.78, 5) is 22.0. The number of nitrogens with two attached hydrogens (primary N) is 1. The molecule has 1 saturated heterocycles. The van der Waals surface area contributed by atoms with E-state index in [1.807, 2.05) is 4.90 Å². The molecule has 104 valence electrons. The fraction of sp³-hybridized carbons (Fsp3) is 0.583. The van der Waals surface area contributed by atoms with E-state index in [9.17, 15) is 4.79 Å². The molecule has 1 aromatic rings. The maximum atomic E-state index is 11.4. The molecule has 1 aliphatic rings. The molecule has 1 amide bonds. The van der Waals surface area contributed by atoms with Gasteiger partial charge in [-0.05, 0) is 6.42 Å². The van der Waals surface area contributed by atoms with Crippen molar-refractivity contribution >= 4 is 29.3 Å². The molecular formula is C12H19N5OS. The van der Waals surface area contributed by atoms with Gasteiger partial charge in [-0.2, -0.15) is 0 Å². The topological polar surface area (TPSA) is 84.1 Å². The molecule has 0 spiro atoms. The van der Waals surface area contributed by atoms with Crippen molar-refractivity contribution in [3.8, 4) is 0 Å². The Morgan fingerprint density at radius 1 is 1.53 bits per heavy atom. The zero-order valence-electron chi connectivity index (χ0n) is 11.1. The molecule has 6 nitrogen and oxygen atoms in total. The zero-order valence-corrected chi connectivity index (χ0v) is 11.9. The number of nitrogens with one attached hydrogen (secondary N) is 1. The van der Waals surface area contributed by atoms with Gasteiger partial charge < -0.3 is 16.0 Å². The molecule has 2 heterocycles. The SMILES string of the molecule is CCCCSc1nc(N)cc(N2CCNC(=O)C2)n1. The number of thioether (sulfide) groups is 1. The van der Waals surface area contributed by atoms with Crippen molar-refractivity contribution in [1.29, 1.82) is 0 Å². The molecule has 7 heteroatoms. The number of amides is 1. The summed E-state index contributed by atoms with van der Waals surface area (Å²) in [6.07, 6.45) is 2.28. The Morgan fingerprint density at radius 3 is 3.11 bits per heavy atom. The average molecular weight is 281 g/mol. The van der Waals surface area contributed by atoms with Crippen LogP contribution in [0.5, 0.6) is 0 Å². The molecule has 0 bridgehead atoms. The van der Waals surface area contributed by atoms with Gasteiger partial charge in [0.2, 0.25) is 5.91 Å². The number of carbonyl (C=O) groups excluding carboxylic acids is 1. The quantitative estimate of drug-likeness (QED) is 0.474. The summed E-state index contributed by atoms with van der Waals surface area (Å²) >= 11 is 1.61. The van der Waals surface area contributed by atoms with Crippen LogP contribution in [0.15, 0.2) is 11.2 Å². The fourth-order valence-corrected chi connectivity index (χ4v) is 2.74. The van der Waals surface area contributed by atoms with E-state index in [4.69, 9.17) is 5.73 Å². The lowest BCUT2D eigenvalue weighted by Gasteiger charge is -2.27. The van der Waals surface area contributed by atoms with E-state index in [2.05, 4.69) is 22.2 Å². The van der Waals surface area contributed by atoms with Gasteiger partial charge in [-0.25, -0.2) is 9.97 Å². The summed E-state index contributed by atoms with van der Waals surface area (Å²) in [7, 11) is 0. The summed E-state index contributed by atoms with van der Waals surface area (Å²) < 4.78 is 0. The Kier molecular flexibility index (Phi) is 4.84. The third kappa shape index (κ3) is 3.99. The van der Waals surface area contributed by atoms with Gasteiger partial charge >= 0.3 is 0 Å². The summed E-state index contributed by atoms with van der Waals surface area (Å²) in [5.41, 5.74) is 5.81. The van der Waals surface area contributed by atoms with Crippen molar-refractivity contribution in [3.63, 3.8) is 0 Å². The van der Waals surface area contributed by atoms with Crippen molar-refractivity contribution in [3.05, 3.63) is 6.07 Å². The minimum Gasteiger partial charge on any atom is -0.383 e. The van der Waals surface area contributed by atoms with Crippen molar-refractivity contribution < 1.29 is 4.79 Å². The summed E-state index contributed by atoms with van der Waals surface area (Å²) in [6, 6.07) is 1.72. The van der Waals surface area contributed by atoms with E-state index < -0.39 is 0 Å². The largest absolute Gasteiger partial charge is 0.383 e. The van der Waals surface area contributed by atoms with Gasteiger partial charge in [-0.1, -0.05) is 25.1 Å². The smallest absolute Gasteiger partial charge is 0.239 e. The molecular weight excluding hydrogens is 262 g/mol. The minimum atomic E-state index is 0.0172. The Bertz CT molecular complexity index is 454. The van der Waals surface area contributed by atoms with Crippen LogP contribution in [-0.2, 0) is 4.79 Å². The second kappa shape index (κ2) is 6.60. The average Bonchev–Trinajstić information content (AvgIpc) is 2.38. The first-order valence-corrected chi connectivity index (χ1v) is 7.46. The first kappa shape index (κ1) is 13.9. The second-order valence-electron chi connectivity index (χ2n) is 4.41. The number of aromatic nitrogens is 2. The predicted octanol–water partition coefficient (Wildman–Crippen LogP) is 0.887. The molecule has 0 saturated carbocycles. The van der Waals surface area contributed by atoms with Crippen LogP contribution < -0.4 is 16.0 Å². The zero-order chi connectivity index (χ0) is 13.7. The lowest BCUT2D eigenvalue weighted by Crippen LogP contribution is -2.48. The van der Waals surface area contributed by atoms with E-state index in [0.29, 0.717) is 24.1 Å². The van der Waals surface area contributed by atoms with Gasteiger partial charge in [0.1, 0.15) is 11.6 Å². The van der Waals surface area contributed by atoms with Crippen molar-refractivity contribution in [2.24, 2.45) is 0 Å². The van der Waals surface area contributed by atoms with E-state index in [1.165, 1.54) is 0 Å². The summed E-state index contributed by atoms with van der Waals surface area (Å²) in [5, 5.41) is 3.48. The van der Waals surface area contributed by atoms with Crippen LogP contribution >= 0.6 is 11.8 Å². The van der Waals surface area contributed by atoms with Crippen LogP contribution in [0.25, 0.3) is 0 Å². The third-order valence-corrected chi connectivity index (χ3v) is 3.74.